The Labute approximate surface area is 86.8 Å². The molecule has 0 amide bonds. The molecule has 0 rings (SSSR count). The Morgan fingerprint density at radius 3 is 1.79 bits per heavy atom. The topological polar surface area (TPSA) is 69.9 Å². The second-order valence-electron chi connectivity index (χ2n) is 2.49. The monoisotopic (exact) mass is 208 g/mol. The third kappa shape index (κ3) is 61.8. The number of hydrogen-bond donors (Lipinski definition) is 3. The van der Waals surface area contributed by atoms with Crippen molar-refractivity contribution in [3.8, 4) is 0 Å². The Morgan fingerprint density at radius 1 is 1.36 bits per heavy atom. The molecule has 0 aliphatic rings. The van der Waals surface area contributed by atoms with Crippen LogP contribution in [0.15, 0.2) is 12.7 Å². The first-order valence-electron chi connectivity index (χ1n) is 4.56. The maximum absolute atomic E-state index is 8.39. The molecule has 0 aromatic rings. The Hall–Kier alpha value is -0.420. The molecule has 0 aliphatic carbocycles. The molecule has 0 radical (unpaired) electrons. The number of aliphatic hydroxyl groups excluding tert-OH is 3. The van der Waals surface area contributed by atoms with Crippen molar-refractivity contribution in [2.75, 3.05) is 26.9 Å². The molecule has 4 nitrogen and oxygen atoms in total. The van der Waals surface area contributed by atoms with Crippen LogP contribution in [0, 0.1) is 0 Å². The van der Waals surface area contributed by atoms with Gasteiger partial charge < -0.3 is 20.1 Å². The second-order valence-corrected chi connectivity index (χ2v) is 2.49. The first-order valence-corrected chi connectivity index (χ1v) is 4.56. The van der Waals surface area contributed by atoms with Gasteiger partial charge in [0.05, 0.1) is 19.3 Å². The fourth-order valence-electron chi connectivity index (χ4n) is 0.278. The summed E-state index contributed by atoms with van der Waals surface area (Å²) in [6, 6.07) is 0. The van der Waals surface area contributed by atoms with Gasteiger partial charge in [-0.1, -0.05) is 6.08 Å². The minimum absolute atomic E-state index is 0.0810. The third-order valence-corrected chi connectivity index (χ3v) is 0.842. The van der Waals surface area contributed by atoms with Crippen LogP contribution in [-0.4, -0.2) is 48.4 Å². The zero-order chi connectivity index (χ0) is 11.8. The first-order chi connectivity index (χ1) is 6.60. The summed E-state index contributed by atoms with van der Waals surface area (Å²) >= 11 is 0. The van der Waals surface area contributed by atoms with Crippen LogP contribution in [0.3, 0.4) is 0 Å². The fraction of sp³-hybridized carbons (Fsp3) is 0.800. The minimum Gasteiger partial charge on any atom is -0.396 e. The quantitative estimate of drug-likeness (QED) is 0.591. The molecule has 0 heterocycles. The Morgan fingerprint density at radius 2 is 1.79 bits per heavy atom. The molecular formula is C10H24O4. The molecule has 0 aromatic heterocycles. The van der Waals surface area contributed by atoms with Gasteiger partial charge in [-0.25, -0.2) is 0 Å². The lowest BCUT2D eigenvalue weighted by Crippen LogP contribution is -2.00. The largest absolute Gasteiger partial charge is 0.396 e. The molecule has 0 fully saturated rings. The second kappa shape index (κ2) is 22.9. The van der Waals surface area contributed by atoms with Gasteiger partial charge in [-0.2, -0.15) is 0 Å². The van der Waals surface area contributed by atoms with Crippen LogP contribution in [0.25, 0.3) is 0 Å². The molecule has 0 saturated carbocycles. The van der Waals surface area contributed by atoms with Crippen LogP contribution in [0.5, 0.6) is 0 Å². The lowest BCUT2D eigenvalue weighted by molar-refractivity contribution is 0.135. The summed E-state index contributed by atoms with van der Waals surface area (Å²) in [6.45, 7) is 7.55. The average molecular weight is 208 g/mol. The van der Waals surface area contributed by atoms with Crippen molar-refractivity contribution in [2.24, 2.45) is 0 Å². The molecule has 88 valence electrons. The number of rotatable bonds is 4. The zero-order valence-corrected chi connectivity index (χ0v) is 9.44. The standard InChI is InChI=1S/C4H10O2.C3H8O2.C3H6/c1-4(6)2-3-5;1-5-3-2-4;1-3-2/h4-6H,2-3H2,1H3;4H,2-3H2,1H3;3H,1H2,2H3. The number of aliphatic hydroxyl groups is 3. The van der Waals surface area contributed by atoms with Gasteiger partial charge >= 0.3 is 0 Å². The van der Waals surface area contributed by atoms with Crippen molar-refractivity contribution < 1.29 is 20.1 Å². The van der Waals surface area contributed by atoms with Gasteiger partial charge in [-0.3, -0.25) is 0 Å². The Bertz CT molecular complexity index is 82.2. The molecule has 1 atom stereocenters. The van der Waals surface area contributed by atoms with Crippen molar-refractivity contribution in [1.29, 1.82) is 0 Å². The van der Waals surface area contributed by atoms with E-state index in [4.69, 9.17) is 15.3 Å². The van der Waals surface area contributed by atoms with E-state index in [1.54, 1.807) is 20.1 Å². The Kier molecular flexibility index (Phi) is 31.4. The summed E-state index contributed by atoms with van der Waals surface area (Å²) in [5.41, 5.74) is 0. The number of methoxy groups -OCH3 is 1. The molecule has 14 heavy (non-hydrogen) atoms. The molecule has 0 aliphatic heterocycles. The summed E-state index contributed by atoms with van der Waals surface area (Å²) in [5.74, 6) is 0. The van der Waals surface area contributed by atoms with E-state index in [1.807, 2.05) is 6.92 Å². The number of allylic oxidation sites excluding steroid dienone is 1. The molecule has 1 unspecified atom stereocenters. The lowest BCUT2D eigenvalue weighted by atomic mass is 10.3. The van der Waals surface area contributed by atoms with Crippen molar-refractivity contribution in [3.63, 3.8) is 0 Å². The first kappa shape index (κ1) is 19.2. The van der Waals surface area contributed by atoms with E-state index in [1.165, 1.54) is 0 Å². The van der Waals surface area contributed by atoms with E-state index in [9.17, 15) is 0 Å². The van der Waals surface area contributed by atoms with E-state index in [0.29, 0.717) is 13.0 Å². The molecule has 0 aromatic carbocycles. The van der Waals surface area contributed by atoms with Gasteiger partial charge in [0.25, 0.3) is 0 Å². The van der Waals surface area contributed by atoms with Crippen LogP contribution in [0.4, 0.5) is 0 Å². The van der Waals surface area contributed by atoms with Crippen LogP contribution in [-0.2, 0) is 4.74 Å². The Balaban J connectivity index is -0.000000138. The smallest absolute Gasteiger partial charge is 0.0693 e. The summed E-state index contributed by atoms with van der Waals surface area (Å²) in [6.07, 6.45) is 1.88. The van der Waals surface area contributed by atoms with Crippen molar-refractivity contribution in [1.82, 2.24) is 0 Å². The highest BCUT2D eigenvalue weighted by Crippen LogP contribution is 1.83. The van der Waals surface area contributed by atoms with Gasteiger partial charge in [-0.15, -0.1) is 6.58 Å². The molecular weight excluding hydrogens is 184 g/mol. The molecule has 0 saturated heterocycles. The average Bonchev–Trinajstić information content (AvgIpc) is 2.07. The predicted molar refractivity (Wildman–Crippen MR) is 58.2 cm³/mol. The molecule has 0 spiro atoms. The minimum atomic E-state index is -0.352. The lowest BCUT2D eigenvalue weighted by Gasteiger charge is -1.95. The van der Waals surface area contributed by atoms with Crippen LogP contribution in [0.2, 0.25) is 0 Å². The third-order valence-electron chi connectivity index (χ3n) is 0.842. The van der Waals surface area contributed by atoms with Crippen molar-refractivity contribution >= 4 is 0 Å². The number of hydrogen-bond acceptors (Lipinski definition) is 4. The van der Waals surface area contributed by atoms with Crippen LogP contribution >= 0.6 is 0 Å². The van der Waals surface area contributed by atoms with E-state index in [2.05, 4.69) is 11.3 Å². The van der Waals surface area contributed by atoms with Crippen molar-refractivity contribution in [3.05, 3.63) is 12.7 Å². The zero-order valence-electron chi connectivity index (χ0n) is 9.44. The highest BCUT2D eigenvalue weighted by molar-refractivity contribution is 4.51. The van der Waals surface area contributed by atoms with Crippen molar-refractivity contribution in [2.45, 2.75) is 26.4 Å². The van der Waals surface area contributed by atoms with Crippen LogP contribution < -0.4 is 0 Å². The van der Waals surface area contributed by atoms with E-state index in [-0.39, 0.29) is 19.3 Å². The summed E-state index contributed by atoms with van der Waals surface area (Å²) in [4.78, 5) is 0. The summed E-state index contributed by atoms with van der Waals surface area (Å²) in [7, 11) is 1.55. The van der Waals surface area contributed by atoms with Gasteiger partial charge in [0, 0.05) is 13.7 Å². The maximum atomic E-state index is 8.39. The molecule has 0 bridgehead atoms. The highest BCUT2D eigenvalue weighted by Gasteiger charge is 1.88. The predicted octanol–water partition coefficient (Wildman–Crippen LogP) is 0.567. The van der Waals surface area contributed by atoms with Gasteiger partial charge in [0.15, 0.2) is 0 Å². The van der Waals surface area contributed by atoms with Crippen LogP contribution in [0.1, 0.15) is 20.3 Å². The molecule has 3 N–H and O–H groups in total. The SMILES string of the molecule is C=CC.CC(O)CCO.COCCO. The molecule has 4 heteroatoms. The summed E-state index contributed by atoms with van der Waals surface area (Å²) < 4.78 is 4.44. The van der Waals surface area contributed by atoms with E-state index in [0.717, 1.165) is 0 Å². The van der Waals surface area contributed by atoms with E-state index < -0.39 is 0 Å². The normalized spacial score (nSPS) is 10.1. The fourth-order valence-corrected chi connectivity index (χ4v) is 0.278. The summed E-state index contributed by atoms with van der Waals surface area (Å²) in [5, 5.41) is 24.4. The highest BCUT2D eigenvalue weighted by atomic mass is 16.5. The van der Waals surface area contributed by atoms with Gasteiger partial charge in [-0.05, 0) is 20.3 Å². The van der Waals surface area contributed by atoms with E-state index >= 15 is 0 Å². The van der Waals surface area contributed by atoms with Gasteiger partial charge in [0.2, 0.25) is 0 Å². The number of ether oxygens (including phenoxy) is 1. The maximum Gasteiger partial charge on any atom is 0.0693 e. The van der Waals surface area contributed by atoms with Gasteiger partial charge in [0.1, 0.15) is 0 Å².